The molecule has 0 radical (unpaired) electrons. The van der Waals surface area contributed by atoms with Crippen molar-refractivity contribution in [3.63, 3.8) is 0 Å². The Kier molecular flexibility index (Phi) is 7.21. The van der Waals surface area contributed by atoms with E-state index in [2.05, 4.69) is 10.2 Å². The van der Waals surface area contributed by atoms with Crippen LogP contribution in [0.1, 0.15) is 37.7 Å². The van der Waals surface area contributed by atoms with Crippen molar-refractivity contribution in [3.05, 3.63) is 35.6 Å². The van der Waals surface area contributed by atoms with Crippen molar-refractivity contribution in [2.45, 2.75) is 38.5 Å². The summed E-state index contributed by atoms with van der Waals surface area (Å²) in [4.78, 5) is 28.5. The van der Waals surface area contributed by atoms with E-state index in [0.29, 0.717) is 45.1 Å². The summed E-state index contributed by atoms with van der Waals surface area (Å²) in [6, 6.07) is 6.07. The Morgan fingerprint density at radius 1 is 1.00 bits per heavy atom. The molecule has 0 aromatic heterocycles. The molecule has 0 unspecified atom stereocenters. The van der Waals surface area contributed by atoms with E-state index >= 15 is 0 Å². The van der Waals surface area contributed by atoms with Gasteiger partial charge >= 0.3 is 0 Å². The van der Waals surface area contributed by atoms with Crippen molar-refractivity contribution in [1.82, 2.24) is 15.1 Å². The van der Waals surface area contributed by atoms with Crippen LogP contribution in [0.25, 0.3) is 0 Å². The van der Waals surface area contributed by atoms with Crippen LogP contribution < -0.4 is 5.32 Å². The maximum atomic E-state index is 13.0. The molecule has 1 aromatic rings. The van der Waals surface area contributed by atoms with E-state index < -0.39 is 0 Å². The molecule has 1 aliphatic carbocycles. The highest BCUT2D eigenvalue weighted by Crippen LogP contribution is 2.22. The van der Waals surface area contributed by atoms with Gasteiger partial charge in [0.15, 0.2) is 0 Å². The number of nitrogens with one attached hydrogen (secondary N) is 1. The van der Waals surface area contributed by atoms with Crippen LogP contribution in [0, 0.1) is 11.7 Å². The Hall–Kier alpha value is -1.95. The number of benzene rings is 1. The first-order chi connectivity index (χ1) is 13.1. The largest absolute Gasteiger partial charge is 0.355 e. The second kappa shape index (κ2) is 9.83. The first-order valence-electron chi connectivity index (χ1n) is 10.1. The van der Waals surface area contributed by atoms with Gasteiger partial charge in [-0.15, -0.1) is 0 Å². The molecule has 2 aliphatic rings. The molecule has 3 rings (SSSR count). The molecule has 1 N–H and O–H groups in total. The highest BCUT2D eigenvalue weighted by Gasteiger charge is 2.23. The minimum Gasteiger partial charge on any atom is -0.355 e. The van der Waals surface area contributed by atoms with Crippen molar-refractivity contribution >= 4 is 11.8 Å². The van der Waals surface area contributed by atoms with Crippen LogP contribution >= 0.6 is 0 Å². The third-order valence-corrected chi connectivity index (χ3v) is 5.67. The van der Waals surface area contributed by atoms with Crippen LogP contribution in [0.5, 0.6) is 0 Å². The molecule has 2 fully saturated rings. The van der Waals surface area contributed by atoms with Crippen LogP contribution in [0.15, 0.2) is 24.3 Å². The average Bonchev–Trinajstić information content (AvgIpc) is 2.69. The Labute approximate surface area is 160 Å². The van der Waals surface area contributed by atoms with Crippen LogP contribution in [-0.2, 0) is 16.0 Å². The predicted octanol–water partition coefficient (Wildman–Crippen LogP) is 2.21. The molecule has 1 saturated carbocycles. The van der Waals surface area contributed by atoms with Crippen LogP contribution in [0.3, 0.4) is 0 Å². The molecule has 0 atom stereocenters. The van der Waals surface area contributed by atoms with Gasteiger partial charge in [0.2, 0.25) is 11.8 Å². The number of hydrogen-bond acceptors (Lipinski definition) is 3. The summed E-state index contributed by atoms with van der Waals surface area (Å²) in [6.07, 6.45) is 6.66. The molecular formula is C21H30FN3O2. The molecule has 5 nitrogen and oxygen atoms in total. The van der Waals surface area contributed by atoms with Crippen LogP contribution in [0.4, 0.5) is 4.39 Å². The number of hydrogen-bond donors (Lipinski definition) is 1. The summed E-state index contributed by atoms with van der Waals surface area (Å²) in [5.41, 5.74) is 0.825. The molecule has 0 bridgehead atoms. The predicted molar refractivity (Wildman–Crippen MR) is 103 cm³/mol. The second-order valence-electron chi connectivity index (χ2n) is 7.77. The van der Waals surface area contributed by atoms with Gasteiger partial charge in [-0.3, -0.25) is 14.5 Å². The first-order valence-corrected chi connectivity index (χ1v) is 10.1. The van der Waals surface area contributed by atoms with Crippen molar-refractivity contribution in [2.24, 2.45) is 5.92 Å². The van der Waals surface area contributed by atoms with E-state index in [0.717, 1.165) is 12.1 Å². The van der Waals surface area contributed by atoms with Crippen molar-refractivity contribution < 1.29 is 14.0 Å². The molecule has 1 heterocycles. The highest BCUT2D eigenvalue weighted by molar-refractivity contribution is 5.79. The van der Waals surface area contributed by atoms with Gasteiger partial charge in [0.25, 0.3) is 0 Å². The Morgan fingerprint density at radius 3 is 2.33 bits per heavy atom. The topological polar surface area (TPSA) is 52.7 Å². The Balaban J connectivity index is 1.34. The summed E-state index contributed by atoms with van der Waals surface area (Å²) in [7, 11) is 0. The summed E-state index contributed by atoms with van der Waals surface area (Å²) < 4.78 is 13.0. The Morgan fingerprint density at radius 2 is 1.67 bits per heavy atom. The molecule has 1 saturated heterocycles. The third kappa shape index (κ3) is 6.31. The maximum absolute atomic E-state index is 13.0. The third-order valence-electron chi connectivity index (χ3n) is 5.67. The SMILES string of the molecule is O=C(CN1CCN(C(=O)Cc2ccc(F)cc2)CC1)NCC1CCCCC1. The fourth-order valence-corrected chi connectivity index (χ4v) is 3.95. The summed E-state index contributed by atoms with van der Waals surface area (Å²) in [5, 5.41) is 3.08. The number of nitrogens with zero attached hydrogens (tertiary/aromatic N) is 2. The van der Waals surface area contributed by atoms with Crippen LogP contribution in [0.2, 0.25) is 0 Å². The number of carbonyl (C=O) groups excluding carboxylic acids is 2. The molecule has 0 spiro atoms. The van der Waals surface area contributed by atoms with E-state index in [4.69, 9.17) is 0 Å². The fraction of sp³-hybridized carbons (Fsp3) is 0.619. The Bertz CT molecular complexity index is 621. The van der Waals surface area contributed by atoms with Crippen molar-refractivity contribution in [1.29, 1.82) is 0 Å². The van der Waals surface area contributed by atoms with Gasteiger partial charge in [-0.2, -0.15) is 0 Å². The van der Waals surface area contributed by atoms with E-state index in [-0.39, 0.29) is 17.6 Å². The highest BCUT2D eigenvalue weighted by atomic mass is 19.1. The lowest BCUT2D eigenvalue weighted by atomic mass is 9.89. The normalized spacial score (nSPS) is 19.1. The quantitative estimate of drug-likeness (QED) is 0.829. The van der Waals surface area contributed by atoms with Crippen LogP contribution in [-0.4, -0.2) is 60.9 Å². The fourth-order valence-electron chi connectivity index (χ4n) is 3.95. The average molecular weight is 375 g/mol. The number of halogens is 1. The monoisotopic (exact) mass is 375 g/mol. The maximum Gasteiger partial charge on any atom is 0.234 e. The smallest absolute Gasteiger partial charge is 0.234 e. The lowest BCUT2D eigenvalue weighted by Gasteiger charge is -2.34. The van der Waals surface area contributed by atoms with E-state index in [1.54, 1.807) is 12.1 Å². The van der Waals surface area contributed by atoms with E-state index in [1.165, 1.54) is 44.2 Å². The lowest BCUT2D eigenvalue weighted by molar-refractivity contribution is -0.132. The number of rotatable bonds is 6. The summed E-state index contributed by atoms with van der Waals surface area (Å²) >= 11 is 0. The van der Waals surface area contributed by atoms with Gasteiger partial charge < -0.3 is 10.2 Å². The standard InChI is InChI=1S/C21H30FN3O2/c22-19-8-6-17(7-9-19)14-21(27)25-12-10-24(11-13-25)16-20(26)23-15-18-4-2-1-3-5-18/h6-9,18H,1-5,10-16H2,(H,23,26). The molecule has 148 valence electrons. The first kappa shape index (κ1) is 19.8. The molecule has 1 aromatic carbocycles. The zero-order valence-corrected chi connectivity index (χ0v) is 16.0. The van der Waals surface area contributed by atoms with Gasteiger partial charge in [-0.05, 0) is 36.5 Å². The number of piperazine rings is 1. The minimum absolute atomic E-state index is 0.0583. The lowest BCUT2D eigenvalue weighted by Crippen LogP contribution is -2.51. The number of carbonyl (C=O) groups is 2. The van der Waals surface area contributed by atoms with Crippen molar-refractivity contribution in [2.75, 3.05) is 39.3 Å². The molecular weight excluding hydrogens is 345 g/mol. The van der Waals surface area contributed by atoms with Gasteiger partial charge in [0, 0.05) is 32.7 Å². The molecule has 2 amide bonds. The second-order valence-corrected chi connectivity index (χ2v) is 7.77. The van der Waals surface area contributed by atoms with E-state index in [1.807, 2.05) is 4.90 Å². The van der Waals surface area contributed by atoms with Gasteiger partial charge in [-0.25, -0.2) is 4.39 Å². The summed E-state index contributed by atoms with van der Waals surface area (Å²) in [6.45, 7) is 3.91. The minimum atomic E-state index is -0.290. The summed E-state index contributed by atoms with van der Waals surface area (Å²) in [5.74, 6) is 0.500. The van der Waals surface area contributed by atoms with E-state index in [9.17, 15) is 14.0 Å². The molecule has 27 heavy (non-hydrogen) atoms. The van der Waals surface area contributed by atoms with Gasteiger partial charge in [0.1, 0.15) is 5.82 Å². The molecule has 6 heteroatoms. The van der Waals surface area contributed by atoms with Crippen molar-refractivity contribution in [3.8, 4) is 0 Å². The number of amides is 2. The van der Waals surface area contributed by atoms with Gasteiger partial charge in [0.05, 0.1) is 13.0 Å². The van der Waals surface area contributed by atoms with Gasteiger partial charge in [-0.1, -0.05) is 31.4 Å². The molecule has 1 aliphatic heterocycles. The zero-order chi connectivity index (χ0) is 19.1. The zero-order valence-electron chi connectivity index (χ0n) is 16.0.